The summed E-state index contributed by atoms with van der Waals surface area (Å²) in [6, 6.07) is 14.4. The molecule has 1 aliphatic rings. The Balaban J connectivity index is 1.48. The molecule has 4 aromatic rings. The van der Waals surface area contributed by atoms with Crippen molar-refractivity contribution in [2.75, 3.05) is 7.11 Å². The fourth-order valence-electron chi connectivity index (χ4n) is 4.05. The number of rotatable bonds is 4. The van der Waals surface area contributed by atoms with Crippen molar-refractivity contribution in [1.82, 2.24) is 4.57 Å². The minimum atomic E-state index is -0.828. The average molecular weight is 457 g/mol. The number of benzene rings is 3. The van der Waals surface area contributed by atoms with E-state index >= 15 is 0 Å². The molecule has 0 fully saturated rings. The molecule has 0 radical (unpaired) electrons. The van der Waals surface area contributed by atoms with Crippen LogP contribution < -0.4 is 14.2 Å². The number of carbonyl (C=O) groups excluding carboxylic acids is 2. The molecule has 0 unspecified atom stereocenters. The second-order valence-corrected chi connectivity index (χ2v) is 7.95. The summed E-state index contributed by atoms with van der Waals surface area (Å²) in [5.41, 5.74) is 2.45. The predicted molar refractivity (Wildman–Crippen MR) is 125 cm³/mol. The summed E-state index contributed by atoms with van der Waals surface area (Å²) < 4.78 is 32.6. The van der Waals surface area contributed by atoms with Gasteiger partial charge < -0.3 is 18.8 Å². The standard InChI is InChI=1S/C27H20FNO5/c1-15-23(34-27(31)18-6-4-5-7-21(18)28)11-9-19-25(30)24(33-26(15)19)12-16-14-29(2)22-10-8-17(32-3)13-20(16)22/h4-14H,1-3H3. The highest BCUT2D eigenvalue weighted by molar-refractivity contribution is 6.15. The Labute approximate surface area is 194 Å². The first-order valence-corrected chi connectivity index (χ1v) is 10.5. The Bertz CT molecular complexity index is 1520. The molecule has 0 amide bonds. The lowest BCUT2D eigenvalue weighted by molar-refractivity contribution is 0.0728. The molecule has 0 aliphatic carbocycles. The maximum Gasteiger partial charge on any atom is 0.346 e. The molecule has 0 atom stereocenters. The molecule has 170 valence electrons. The number of carbonyl (C=O) groups is 2. The number of ketones is 1. The molecular formula is C27H20FNO5. The van der Waals surface area contributed by atoms with Crippen LogP contribution in [0.15, 0.2) is 66.6 Å². The van der Waals surface area contributed by atoms with Crippen LogP contribution in [0.1, 0.15) is 31.8 Å². The van der Waals surface area contributed by atoms with Gasteiger partial charge in [0, 0.05) is 35.3 Å². The van der Waals surface area contributed by atoms with Crippen LogP contribution in [-0.4, -0.2) is 23.4 Å². The molecule has 7 heteroatoms. The monoisotopic (exact) mass is 457 g/mol. The zero-order valence-electron chi connectivity index (χ0n) is 18.7. The summed E-state index contributed by atoms with van der Waals surface area (Å²) in [5.74, 6) is -0.405. The van der Waals surface area contributed by atoms with Gasteiger partial charge in [-0.3, -0.25) is 4.79 Å². The molecule has 3 aromatic carbocycles. The first-order valence-electron chi connectivity index (χ1n) is 10.5. The molecule has 6 nitrogen and oxygen atoms in total. The molecule has 0 spiro atoms. The van der Waals surface area contributed by atoms with E-state index in [9.17, 15) is 14.0 Å². The van der Waals surface area contributed by atoms with Gasteiger partial charge >= 0.3 is 5.97 Å². The van der Waals surface area contributed by atoms with Crippen LogP contribution in [0.4, 0.5) is 4.39 Å². The molecule has 1 aliphatic heterocycles. The maximum absolute atomic E-state index is 13.9. The van der Waals surface area contributed by atoms with Crippen LogP contribution in [0.2, 0.25) is 0 Å². The number of fused-ring (bicyclic) bond motifs is 2. The lowest BCUT2D eigenvalue weighted by Crippen LogP contribution is -2.11. The number of methoxy groups -OCH3 is 1. The van der Waals surface area contributed by atoms with Crippen molar-refractivity contribution in [2.45, 2.75) is 6.92 Å². The van der Waals surface area contributed by atoms with Crippen molar-refractivity contribution in [3.8, 4) is 17.2 Å². The second-order valence-electron chi connectivity index (χ2n) is 7.95. The number of esters is 1. The van der Waals surface area contributed by atoms with Crippen molar-refractivity contribution < 1.29 is 28.2 Å². The van der Waals surface area contributed by atoms with Crippen LogP contribution in [0.3, 0.4) is 0 Å². The van der Waals surface area contributed by atoms with E-state index in [-0.39, 0.29) is 22.9 Å². The van der Waals surface area contributed by atoms with E-state index in [2.05, 4.69) is 0 Å². The zero-order chi connectivity index (χ0) is 24.0. The molecule has 0 bridgehead atoms. The van der Waals surface area contributed by atoms with Gasteiger partial charge in [0.05, 0.1) is 18.2 Å². The molecule has 5 rings (SSSR count). The molecule has 0 saturated heterocycles. The fraction of sp³-hybridized carbons (Fsp3) is 0.111. The Morgan fingerprint density at radius 1 is 1.12 bits per heavy atom. The lowest BCUT2D eigenvalue weighted by Gasteiger charge is -2.10. The number of halogens is 1. The third kappa shape index (κ3) is 3.51. The molecule has 1 aromatic heterocycles. The normalized spacial score (nSPS) is 13.8. The first kappa shape index (κ1) is 21.5. The van der Waals surface area contributed by atoms with E-state index in [1.807, 2.05) is 36.0 Å². The van der Waals surface area contributed by atoms with Gasteiger partial charge in [0.2, 0.25) is 5.78 Å². The van der Waals surface area contributed by atoms with Gasteiger partial charge in [0.1, 0.15) is 23.1 Å². The number of nitrogens with zero attached hydrogens (tertiary/aromatic N) is 1. The van der Waals surface area contributed by atoms with Gasteiger partial charge in [0.15, 0.2) is 5.76 Å². The van der Waals surface area contributed by atoms with Crippen LogP contribution >= 0.6 is 0 Å². The van der Waals surface area contributed by atoms with Gasteiger partial charge in [-0.15, -0.1) is 0 Å². The van der Waals surface area contributed by atoms with Crippen molar-refractivity contribution >= 4 is 28.7 Å². The highest BCUT2D eigenvalue weighted by Crippen LogP contribution is 2.40. The molecule has 0 N–H and O–H groups in total. The topological polar surface area (TPSA) is 66.8 Å². The third-order valence-electron chi connectivity index (χ3n) is 5.85. The van der Waals surface area contributed by atoms with Gasteiger partial charge in [-0.2, -0.15) is 0 Å². The van der Waals surface area contributed by atoms with Gasteiger partial charge in [-0.05, 0) is 55.5 Å². The summed E-state index contributed by atoms with van der Waals surface area (Å²) in [5, 5.41) is 0.915. The summed E-state index contributed by atoms with van der Waals surface area (Å²) in [6.45, 7) is 1.68. The van der Waals surface area contributed by atoms with E-state index in [0.29, 0.717) is 22.6 Å². The highest BCUT2D eigenvalue weighted by atomic mass is 19.1. The SMILES string of the molecule is COc1ccc2c(c1)c(C=C1Oc3c(ccc(OC(=O)c4ccccc4F)c3C)C1=O)cn2C. The van der Waals surface area contributed by atoms with Crippen LogP contribution in [0.25, 0.3) is 17.0 Å². The summed E-state index contributed by atoms with van der Waals surface area (Å²) in [7, 11) is 3.52. The number of ether oxygens (including phenoxy) is 3. The molecular weight excluding hydrogens is 437 g/mol. The van der Waals surface area contributed by atoms with Crippen molar-refractivity contribution in [2.24, 2.45) is 7.05 Å². The van der Waals surface area contributed by atoms with Gasteiger partial charge in [-0.25, -0.2) is 9.18 Å². The van der Waals surface area contributed by atoms with Crippen LogP contribution in [-0.2, 0) is 7.05 Å². The van der Waals surface area contributed by atoms with E-state index in [0.717, 1.165) is 16.5 Å². The quantitative estimate of drug-likeness (QED) is 0.231. The fourth-order valence-corrected chi connectivity index (χ4v) is 4.05. The molecule has 2 heterocycles. The Kier molecular flexibility index (Phi) is 5.17. The number of hydrogen-bond acceptors (Lipinski definition) is 5. The summed E-state index contributed by atoms with van der Waals surface area (Å²) in [6.07, 6.45) is 3.60. The highest BCUT2D eigenvalue weighted by Gasteiger charge is 2.31. The first-order chi connectivity index (χ1) is 16.4. The van der Waals surface area contributed by atoms with Crippen molar-refractivity contribution in [1.29, 1.82) is 0 Å². The van der Waals surface area contributed by atoms with E-state index < -0.39 is 11.8 Å². The number of aryl methyl sites for hydroxylation is 1. The smallest absolute Gasteiger partial charge is 0.346 e. The van der Waals surface area contributed by atoms with Gasteiger partial charge in [0.25, 0.3) is 0 Å². The average Bonchev–Trinajstić information content (AvgIpc) is 3.32. The number of hydrogen-bond donors (Lipinski definition) is 0. The lowest BCUT2D eigenvalue weighted by atomic mass is 10.1. The minimum Gasteiger partial charge on any atom is -0.497 e. The van der Waals surface area contributed by atoms with E-state index in [4.69, 9.17) is 14.2 Å². The number of aromatic nitrogens is 1. The molecule has 34 heavy (non-hydrogen) atoms. The minimum absolute atomic E-state index is 0.158. The van der Waals surface area contributed by atoms with Crippen molar-refractivity contribution in [3.63, 3.8) is 0 Å². The summed E-state index contributed by atoms with van der Waals surface area (Å²) >= 11 is 0. The molecule has 0 saturated carbocycles. The largest absolute Gasteiger partial charge is 0.497 e. The Morgan fingerprint density at radius 3 is 2.68 bits per heavy atom. The van der Waals surface area contributed by atoms with E-state index in [1.54, 1.807) is 32.2 Å². The van der Waals surface area contributed by atoms with E-state index in [1.165, 1.54) is 24.3 Å². The Morgan fingerprint density at radius 2 is 1.91 bits per heavy atom. The third-order valence-corrected chi connectivity index (χ3v) is 5.85. The number of Topliss-reactive ketones (excluding diaryl/α,β-unsaturated/α-hetero) is 1. The van der Waals surface area contributed by atoms with Crippen molar-refractivity contribution in [3.05, 3.63) is 94.6 Å². The predicted octanol–water partition coefficient (Wildman–Crippen LogP) is 5.47. The summed E-state index contributed by atoms with van der Waals surface area (Å²) in [4.78, 5) is 25.5. The zero-order valence-corrected chi connectivity index (χ0v) is 18.7. The maximum atomic E-state index is 13.9. The second kappa shape index (κ2) is 8.19. The van der Waals surface area contributed by atoms with Crippen LogP contribution in [0.5, 0.6) is 17.2 Å². The van der Waals surface area contributed by atoms with Crippen LogP contribution in [0, 0.1) is 12.7 Å². The van der Waals surface area contributed by atoms with Gasteiger partial charge in [-0.1, -0.05) is 12.1 Å². The Hall–Kier alpha value is -4.39. The number of allylic oxidation sites excluding steroid dienone is 1.